The zero-order valence-corrected chi connectivity index (χ0v) is 8.84. The molecule has 1 amide bonds. The molecule has 0 spiro atoms. The minimum Gasteiger partial charge on any atom is -0.380 e. The first kappa shape index (κ1) is 11.5. The minimum atomic E-state index is -0.258. The van der Waals surface area contributed by atoms with Crippen molar-refractivity contribution in [3.05, 3.63) is 0 Å². The first-order valence-electron chi connectivity index (χ1n) is 5.31. The highest BCUT2D eigenvalue weighted by atomic mass is 16.5. The first-order valence-corrected chi connectivity index (χ1v) is 5.31. The van der Waals surface area contributed by atoms with Crippen LogP contribution in [0, 0.1) is 5.41 Å². The highest BCUT2D eigenvalue weighted by Crippen LogP contribution is 2.39. The third-order valence-corrected chi connectivity index (χ3v) is 2.92. The lowest BCUT2D eigenvalue weighted by Gasteiger charge is -2.39. The number of hydrogen-bond donors (Lipinski definition) is 2. The van der Waals surface area contributed by atoms with Crippen molar-refractivity contribution in [2.75, 3.05) is 26.3 Å². The Bertz CT molecular complexity index is 185. The zero-order valence-electron chi connectivity index (χ0n) is 8.84. The summed E-state index contributed by atoms with van der Waals surface area (Å²) in [4.78, 5) is 11.7. The second-order valence-corrected chi connectivity index (χ2v) is 3.79. The number of hydrogen-bond acceptors (Lipinski definition) is 3. The van der Waals surface area contributed by atoms with Crippen molar-refractivity contribution in [1.82, 2.24) is 5.32 Å². The van der Waals surface area contributed by atoms with Gasteiger partial charge in [0.15, 0.2) is 0 Å². The Hall–Kier alpha value is -0.610. The van der Waals surface area contributed by atoms with Crippen molar-refractivity contribution in [2.24, 2.45) is 11.1 Å². The van der Waals surface area contributed by atoms with Gasteiger partial charge in [0.05, 0.1) is 12.0 Å². The molecule has 1 aliphatic rings. The van der Waals surface area contributed by atoms with E-state index in [0.717, 1.165) is 19.3 Å². The summed E-state index contributed by atoms with van der Waals surface area (Å²) in [6, 6.07) is 0. The third-order valence-electron chi connectivity index (χ3n) is 2.92. The Balaban J connectivity index is 2.20. The van der Waals surface area contributed by atoms with Gasteiger partial charge in [-0.1, -0.05) is 6.42 Å². The average molecular weight is 200 g/mol. The molecular formula is C10H20N2O2. The van der Waals surface area contributed by atoms with Gasteiger partial charge >= 0.3 is 0 Å². The molecule has 0 heterocycles. The predicted octanol–water partition coefficient (Wildman–Crippen LogP) is 0.268. The second-order valence-electron chi connectivity index (χ2n) is 3.79. The maximum Gasteiger partial charge on any atom is 0.227 e. The van der Waals surface area contributed by atoms with Crippen molar-refractivity contribution >= 4 is 5.91 Å². The van der Waals surface area contributed by atoms with Crippen molar-refractivity contribution in [2.45, 2.75) is 26.2 Å². The van der Waals surface area contributed by atoms with Gasteiger partial charge in [0.2, 0.25) is 5.91 Å². The summed E-state index contributed by atoms with van der Waals surface area (Å²) in [5, 5.41) is 2.87. The van der Waals surface area contributed by atoms with E-state index < -0.39 is 0 Å². The molecule has 4 nitrogen and oxygen atoms in total. The summed E-state index contributed by atoms with van der Waals surface area (Å²) in [7, 11) is 0. The molecule has 1 fully saturated rings. The molecule has 1 saturated carbocycles. The van der Waals surface area contributed by atoms with E-state index in [1.54, 1.807) is 0 Å². The van der Waals surface area contributed by atoms with Crippen LogP contribution in [0.1, 0.15) is 26.2 Å². The molecule has 0 aromatic carbocycles. The molecular weight excluding hydrogens is 180 g/mol. The lowest BCUT2D eigenvalue weighted by molar-refractivity contribution is -0.135. The van der Waals surface area contributed by atoms with Crippen LogP contribution in [0.2, 0.25) is 0 Å². The Morgan fingerprint density at radius 1 is 1.57 bits per heavy atom. The summed E-state index contributed by atoms with van der Waals surface area (Å²) in [5.41, 5.74) is 5.35. The summed E-state index contributed by atoms with van der Waals surface area (Å²) < 4.78 is 5.14. The largest absolute Gasteiger partial charge is 0.380 e. The van der Waals surface area contributed by atoms with Gasteiger partial charge in [-0.05, 0) is 19.8 Å². The molecule has 0 unspecified atom stereocenters. The van der Waals surface area contributed by atoms with Crippen LogP contribution in [0.3, 0.4) is 0 Å². The second kappa shape index (κ2) is 5.32. The van der Waals surface area contributed by atoms with Gasteiger partial charge in [-0.15, -0.1) is 0 Å². The van der Waals surface area contributed by atoms with Crippen LogP contribution < -0.4 is 11.1 Å². The molecule has 1 rings (SSSR count). The van der Waals surface area contributed by atoms with Gasteiger partial charge in [0.1, 0.15) is 0 Å². The highest BCUT2D eigenvalue weighted by Gasteiger charge is 2.42. The fourth-order valence-electron chi connectivity index (χ4n) is 1.70. The van der Waals surface area contributed by atoms with E-state index >= 15 is 0 Å². The summed E-state index contributed by atoms with van der Waals surface area (Å²) in [5.74, 6) is 0.103. The van der Waals surface area contributed by atoms with Crippen LogP contribution in [0.25, 0.3) is 0 Å². The Morgan fingerprint density at radius 3 is 2.71 bits per heavy atom. The monoisotopic (exact) mass is 200 g/mol. The first-order chi connectivity index (χ1) is 6.75. The SMILES string of the molecule is CCOCCNC(=O)C1(CN)CCC1. The average Bonchev–Trinajstić information content (AvgIpc) is 2.12. The van der Waals surface area contributed by atoms with Gasteiger partial charge in [0, 0.05) is 19.7 Å². The van der Waals surface area contributed by atoms with E-state index in [4.69, 9.17) is 10.5 Å². The summed E-state index contributed by atoms with van der Waals surface area (Å²) >= 11 is 0. The van der Waals surface area contributed by atoms with E-state index in [0.29, 0.717) is 26.3 Å². The molecule has 0 bridgehead atoms. The number of carbonyl (C=O) groups excluding carboxylic acids is 1. The van der Waals surface area contributed by atoms with Crippen molar-refractivity contribution in [3.63, 3.8) is 0 Å². The summed E-state index contributed by atoms with van der Waals surface area (Å²) in [6.45, 7) is 4.28. The van der Waals surface area contributed by atoms with Crippen LogP contribution in [0.5, 0.6) is 0 Å². The standard InChI is InChI=1S/C10H20N2O2/c1-2-14-7-6-12-9(13)10(8-11)4-3-5-10/h2-8,11H2,1H3,(H,12,13). The van der Waals surface area contributed by atoms with Crippen LogP contribution in [0.4, 0.5) is 0 Å². The van der Waals surface area contributed by atoms with E-state index in [2.05, 4.69) is 5.32 Å². The minimum absolute atomic E-state index is 0.103. The van der Waals surface area contributed by atoms with Crippen LogP contribution in [0.15, 0.2) is 0 Å². The molecule has 14 heavy (non-hydrogen) atoms. The lowest BCUT2D eigenvalue weighted by atomic mass is 9.68. The number of nitrogens with two attached hydrogens (primary N) is 1. The fourth-order valence-corrected chi connectivity index (χ4v) is 1.70. The quantitative estimate of drug-likeness (QED) is 0.605. The smallest absolute Gasteiger partial charge is 0.227 e. The maximum atomic E-state index is 11.7. The van der Waals surface area contributed by atoms with E-state index in [-0.39, 0.29) is 11.3 Å². The molecule has 0 aliphatic heterocycles. The Labute approximate surface area is 85.2 Å². The number of carbonyl (C=O) groups is 1. The molecule has 4 heteroatoms. The van der Waals surface area contributed by atoms with Gasteiger partial charge in [-0.3, -0.25) is 4.79 Å². The number of ether oxygens (including phenoxy) is 1. The molecule has 82 valence electrons. The molecule has 0 aromatic rings. The lowest BCUT2D eigenvalue weighted by Crippen LogP contribution is -2.50. The van der Waals surface area contributed by atoms with Crippen molar-refractivity contribution < 1.29 is 9.53 Å². The van der Waals surface area contributed by atoms with Crippen molar-refractivity contribution in [1.29, 1.82) is 0 Å². The zero-order chi connectivity index (χ0) is 10.4. The normalized spacial score (nSPS) is 18.7. The maximum absolute atomic E-state index is 11.7. The number of amides is 1. The Morgan fingerprint density at radius 2 is 2.29 bits per heavy atom. The number of nitrogens with one attached hydrogen (secondary N) is 1. The van der Waals surface area contributed by atoms with Gasteiger partial charge < -0.3 is 15.8 Å². The van der Waals surface area contributed by atoms with Crippen LogP contribution >= 0.6 is 0 Å². The molecule has 0 atom stereocenters. The molecule has 0 aromatic heterocycles. The topological polar surface area (TPSA) is 64.3 Å². The van der Waals surface area contributed by atoms with Gasteiger partial charge in [-0.2, -0.15) is 0 Å². The van der Waals surface area contributed by atoms with Gasteiger partial charge in [0.25, 0.3) is 0 Å². The van der Waals surface area contributed by atoms with Crippen LogP contribution in [-0.4, -0.2) is 32.2 Å². The summed E-state index contributed by atoms with van der Waals surface area (Å²) in [6.07, 6.45) is 2.99. The predicted molar refractivity (Wildman–Crippen MR) is 54.8 cm³/mol. The highest BCUT2D eigenvalue weighted by molar-refractivity contribution is 5.83. The van der Waals surface area contributed by atoms with E-state index in [1.165, 1.54) is 0 Å². The fraction of sp³-hybridized carbons (Fsp3) is 0.900. The van der Waals surface area contributed by atoms with Crippen molar-refractivity contribution in [3.8, 4) is 0 Å². The molecule has 0 saturated heterocycles. The molecule has 1 aliphatic carbocycles. The molecule has 0 radical (unpaired) electrons. The van der Waals surface area contributed by atoms with Gasteiger partial charge in [-0.25, -0.2) is 0 Å². The third kappa shape index (κ3) is 2.45. The number of rotatable bonds is 6. The van der Waals surface area contributed by atoms with E-state index in [9.17, 15) is 4.79 Å². The van der Waals surface area contributed by atoms with E-state index in [1.807, 2.05) is 6.92 Å². The Kier molecular flexibility index (Phi) is 4.35. The molecule has 3 N–H and O–H groups in total. The van der Waals surface area contributed by atoms with Crippen LogP contribution in [-0.2, 0) is 9.53 Å².